The number of aryl methyl sites for hydroxylation is 1. The molecule has 0 aliphatic rings. The Morgan fingerprint density at radius 2 is 1.74 bits per heavy atom. The molecule has 1 aromatic carbocycles. The Morgan fingerprint density at radius 3 is 2.40 bits per heavy atom. The normalized spacial score (nSPS) is 12.3. The highest BCUT2D eigenvalue weighted by molar-refractivity contribution is 5.94. The van der Waals surface area contributed by atoms with Gasteiger partial charge in [0.1, 0.15) is 23.8 Å². The first-order valence-corrected chi connectivity index (χ1v) is 12.9. The fourth-order valence-corrected chi connectivity index (χ4v) is 3.27. The second-order valence-corrected chi connectivity index (χ2v) is 8.46. The Morgan fingerprint density at radius 1 is 1.06 bits per heavy atom. The molecule has 2 N–H and O–H groups in total. The van der Waals surface area contributed by atoms with Gasteiger partial charge in [-0.05, 0) is 62.3 Å². The topological polar surface area (TPSA) is 62.2 Å². The first-order valence-electron chi connectivity index (χ1n) is 12.9. The van der Waals surface area contributed by atoms with E-state index in [1.165, 1.54) is 23.6 Å². The van der Waals surface area contributed by atoms with Crippen LogP contribution in [0.25, 0.3) is 0 Å². The van der Waals surface area contributed by atoms with Crippen LogP contribution in [0.1, 0.15) is 78.4 Å². The zero-order valence-corrected chi connectivity index (χ0v) is 22.4. The van der Waals surface area contributed by atoms with Crippen LogP contribution in [0.3, 0.4) is 0 Å². The fourth-order valence-electron chi connectivity index (χ4n) is 3.27. The lowest BCUT2D eigenvalue weighted by molar-refractivity contribution is 0.595. The lowest BCUT2D eigenvalue weighted by Gasteiger charge is -2.19. The molecular weight excluding hydrogens is 437 g/mol. The van der Waals surface area contributed by atoms with Crippen molar-refractivity contribution in [2.75, 3.05) is 6.54 Å². The second-order valence-electron chi connectivity index (χ2n) is 8.46. The van der Waals surface area contributed by atoms with Crippen molar-refractivity contribution >= 4 is 5.84 Å². The summed E-state index contributed by atoms with van der Waals surface area (Å²) in [5.41, 5.74) is 3.01. The standard InChI is InChI=1S/C27H38FN5.C2H6/c1-5-12-26(31-16-11-7-6-8-13-23-17-29-20-30-18-23)33-27(22(4)21(2)3)32-19-24-14-9-10-15-25(24)28;1-2/h5,9-10,12,14-15,17-18,20-21,32H,6-8,11,13,16,19H2,1-4H3,(H,31,33);1-2H3/b12-5-,27-22-;. The predicted molar refractivity (Wildman–Crippen MR) is 147 cm³/mol. The van der Waals surface area contributed by atoms with Crippen molar-refractivity contribution in [2.24, 2.45) is 10.9 Å². The zero-order chi connectivity index (χ0) is 25.9. The summed E-state index contributed by atoms with van der Waals surface area (Å²) in [6, 6.07) is 6.85. The molecule has 0 amide bonds. The van der Waals surface area contributed by atoms with E-state index in [-0.39, 0.29) is 5.82 Å². The van der Waals surface area contributed by atoms with Crippen LogP contribution >= 0.6 is 0 Å². The van der Waals surface area contributed by atoms with Crippen LogP contribution in [0.15, 0.2) is 71.5 Å². The number of aromatic nitrogens is 2. The number of rotatable bonds is 13. The van der Waals surface area contributed by atoms with Crippen molar-refractivity contribution in [3.63, 3.8) is 0 Å². The van der Waals surface area contributed by atoms with Gasteiger partial charge in [0.05, 0.1) is 0 Å². The average molecular weight is 482 g/mol. The number of amidine groups is 1. The molecule has 6 heteroatoms. The molecule has 0 unspecified atom stereocenters. The minimum absolute atomic E-state index is 0.200. The van der Waals surface area contributed by atoms with Gasteiger partial charge in [-0.25, -0.2) is 14.4 Å². The Hall–Kier alpha value is -3.02. The van der Waals surface area contributed by atoms with Gasteiger partial charge in [0, 0.05) is 31.0 Å². The molecule has 0 aliphatic heterocycles. The molecule has 0 fully saturated rings. The summed E-state index contributed by atoms with van der Waals surface area (Å²) in [6.07, 6.45) is 14.8. The van der Waals surface area contributed by atoms with Crippen molar-refractivity contribution < 1.29 is 4.39 Å². The summed E-state index contributed by atoms with van der Waals surface area (Å²) in [5, 5.41) is 6.83. The third-order valence-electron chi connectivity index (χ3n) is 5.52. The lowest BCUT2D eigenvalue weighted by atomic mass is 10.1. The van der Waals surface area contributed by atoms with Crippen LogP contribution in [-0.4, -0.2) is 22.3 Å². The molecule has 192 valence electrons. The minimum Gasteiger partial charge on any atom is -0.367 e. The summed E-state index contributed by atoms with van der Waals surface area (Å²) in [4.78, 5) is 12.9. The van der Waals surface area contributed by atoms with E-state index in [0.717, 1.165) is 43.9 Å². The van der Waals surface area contributed by atoms with E-state index in [1.54, 1.807) is 18.5 Å². The van der Waals surface area contributed by atoms with E-state index in [9.17, 15) is 4.39 Å². The highest BCUT2D eigenvalue weighted by Gasteiger charge is 2.09. The quantitative estimate of drug-likeness (QED) is 0.184. The molecule has 0 spiro atoms. The van der Waals surface area contributed by atoms with Crippen molar-refractivity contribution in [1.82, 2.24) is 20.6 Å². The number of hydrogen-bond donors (Lipinski definition) is 2. The van der Waals surface area contributed by atoms with E-state index in [0.29, 0.717) is 18.0 Å². The van der Waals surface area contributed by atoms with E-state index in [1.807, 2.05) is 51.4 Å². The van der Waals surface area contributed by atoms with Gasteiger partial charge in [0.15, 0.2) is 0 Å². The Kier molecular flexibility index (Phi) is 15.7. The first kappa shape index (κ1) is 30.0. The molecule has 0 atom stereocenters. The summed E-state index contributed by atoms with van der Waals surface area (Å²) in [7, 11) is 0. The highest BCUT2D eigenvalue weighted by Crippen LogP contribution is 2.13. The number of benzene rings is 1. The molecule has 0 saturated carbocycles. The minimum atomic E-state index is -0.200. The third-order valence-corrected chi connectivity index (χ3v) is 5.52. The summed E-state index contributed by atoms with van der Waals surface area (Å²) in [5.74, 6) is 1.85. The van der Waals surface area contributed by atoms with Gasteiger partial charge in [-0.15, -0.1) is 0 Å². The van der Waals surface area contributed by atoms with E-state index in [2.05, 4.69) is 41.4 Å². The van der Waals surface area contributed by atoms with Gasteiger partial charge in [0.25, 0.3) is 0 Å². The molecular formula is C29H44FN5. The van der Waals surface area contributed by atoms with Crippen molar-refractivity contribution in [3.05, 3.63) is 83.5 Å². The predicted octanol–water partition coefficient (Wildman–Crippen LogP) is 6.99. The maximum atomic E-state index is 14.1. The first-order chi connectivity index (χ1) is 17.0. The smallest absolute Gasteiger partial charge is 0.128 e. The molecule has 35 heavy (non-hydrogen) atoms. The van der Waals surface area contributed by atoms with Gasteiger partial charge in [0.2, 0.25) is 0 Å². The molecule has 0 aliphatic carbocycles. The molecule has 1 heterocycles. The van der Waals surface area contributed by atoms with Crippen molar-refractivity contribution in [2.45, 2.75) is 80.2 Å². The average Bonchev–Trinajstić information content (AvgIpc) is 2.88. The number of nitrogens with zero attached hydrogens (tertiary/aromatic N) is 3. The molecule has 0 bridgehead atoms. The number of nitrogens with one attached hydrogen (secondary N) is 2. The monoisotopic (exact) mass is 481 g/mol. The summed E-state index contributed by atoms with van der Waals surface area (Å²) >= 11 is 0. The molecule has 5 nitrogen and oxygen atoms in total. The largest absolute Gasteiger partial charge is 0.367 e. The Bertz CT molecular complexity index is 920. The van der Waals surface area contributed by atoms with Gasteiger partial charge in [-0.3, -0.25) is 4.99 Å². The maximum Gasteiger partial charge on any atom is 0.128 e. The molecule has 0 saturated heterocycles. The number of allylic oxidation sites excluding steroid dienone is 2. The van der Waals surface area contributed by atoms with Gasteiger partial charge < -0.3 is 10.6 Å². The van der Waals surface area contributed by atoms with Gasteiger partial charge in [-0.1, -0.05) is 64.8 Å². The van der Waals surface area contributed by atoms with Crippen LogP contribution in [0.2, 0.25) is 0 Å². The van der Waals surface area contributed by atoms with Crippen molar-refractivity contribution in [1.29, 1.82) is 0 Å². The molecule has 2 aromatic rings. The molecule has 1 aromatic heterocycles. The van der Waals surface area contributed by atoms with Gasteiger partial charge in [-0.2, -0.15) is 0 Å². The van der Waals surface area contributed by atoms with Crippen LogP contribution in [0, 0.1) is 11.7 Å². The molecule has 0 radical (unpaired) electrons. The van der Waals surface area contributed by atoms with Crippen molar-refractivity contribution in [3.8, 4) is 0 Å². The summed E-state index contributed by atoms with van der Waals surface area (Å²) in [6.45, 7) is 13.5. The maximum absolute atomic E-state index is 14.1. The highest BCUT2D eigenvalue weighted by atomic mass is 19.1. The van der Waals surface area contributed by atoms with E-state index >= 15 is 0 Å². The molecule has 2 rings (SSSR count). The van der Waals surface area contributed by atoms with Crippen LogP contribution in [0.4, 0.5) is 4.39 Å². The Labute approximate surface area is 212 Å². The number of hydrogen-bond acceptors (Lipinski definition) is 4. The van der Waals surface area contributed by atoms with E-state index in [4.69, 9.17) is 4.99 Å². The SMILES string of the molecule is C/C=C\C(=NCCCCCCc1cncnc1)N/C(NCc1ccccc1F)=C(/C)C(C)C.CC. The number of aliphatic imine (C=N–C) groups is 1. The fraction of sp³-hybridized carbons (Fsp3) is 0.483. The second kappa shape index (κ2) is 18.3. The van der Waals surface area contributed by atoms with Crippen LogP contribution in [-0.2, 0) is 13.0 Å². The zero-order valence-electron chi connectivity index (χ0n) is 22.4. The number of unbranched alkanes of at least 4 members (excludes halogenated alkanes) is 3. The van der Waals surface area contributed by atoms with Crippen LogP contribution < -0.4 is 10.6 Å². The number of halogens is 1. The third kappa shape index (κ3) is 12.3. The van der Waals surface area contributed by atoms with E-state index < -0.39 is 0 Å². The van der Waals surface area contributed by atoms with Gasteiger partial charge >= 0.3 is 0 Å². The van der Waals surface area contributed by atoms with Crippen LogP contribution in [0.5, 0.6) is 0 Å². The lowest BCUT2D eigenvalue weighted by Crippen LogP contribution is -2.32. The summed E-state index contributed by atoms with van der Waals surface area (Å²) < 4.78 is 14.1. The Balaban J connectivity index is 0.00000298.